The van der Waals surface area contributed by atoms with Gasteiger partial charge in [0, 0.05) is 18.2 Å². The highest BCUT2D eigenvalue weighted by molar-refractivity contribution is 9.09. The van der Waals surface area contributed by atoms with E-state index in [9.17, 15) is 4.79 Å². The average Bonchev–Trinajstić information content (AvgIpc) is 2.28. The van der Waals surface area contributed by atoms with Gasteiger partial charge in [0.15, 0.2) is 5.78 Å². The molecule has 0 saturated heterocycles. The maximum atomic E-state index is 11.4. The number of ether oxygens (including phenoxy) is 2. The molecule has 1 rings (SSSR count). The Bertz CT molecular complexity index is 350. The fraction of sp³-hybridized carbons (Fsp3) is 0.364. The minimum atomic E-state index is 0.0509. The summed E-state index contributed by atoms with van der Waals surface area (Å²) in [6, 6.07) is 5.33. The molecule has 0 aliphatic rings. The molecule has 0 aliphatic carbocycles. The molecule has 0 aliphatic heterocycles. The van der Waals surface area contributed by atoms with E-state index >= 15 is 0 Å². The van der Waals surface area contributed by atoms with Gasteiger partial charge in [0.2, 0.25) is 0 Å². The Morgan fingerprint density at radius 2 is 2.13 bits per heavy atom. The number of ketones is 1. The van der Waals surface area contributed by atoms with E-state index < -0.39 is 0 Å². The molecule has 0 amide bonds. The van der Waals surface area contributed by atoms with E-state index in [1.807, 2.05) is 0 Å². The second-order valence-corrected chi connectivity index (χ2v) is 3.58. The SMILES string of the molecule is COCc1cc(C(=O)CBr)ccc1OC. The van der Waals surface area contributed by atoms with Gasteiger partial charge in [-0.15, -0.1) is 0 Å². The summed E-state index contributed by atoms with van der Waals surface area (Å²) in [4.78, 5) is 11.4. The van der Waals surface area contributed by atoms with Crippen molar-refractivity contribution < 1.29 is 14.3 Å². The minimum absolute atomic E-state index is 0.0509. The zero-order valence-corrected chi connectivity index (χ0v) is 10.3. The summed E-state index contributed by atoms with van der Waals surface area (Å²) in [7, 11) is 3.21. The van der Waals surface area contributed by atoms with Crippen LogP contribution in [0.15, 0.2) is 18.2 Å². The molecular weight excluding hydrogens is 260 g/mol. The van der Waals surface area contributed by atoms with Crippen molar-refractivity contribution in [3.8, 4) is 5.75 Å². The molecule has 0 unspecified atom stereocenters. The number of alkyl halides is 1. The molecule has 0 radical (unpaired) electrons. The standard InChI is InChI=1S/C11H13BrO3/c1-14-7-9-5-8(10(13)6-12)3-4-11(9)15-2/h3-5H,6-7H2,1-2H3. The molecule has 1 aromatic carbocycles. The Morgan fingerprint density at radius 3 is 2.67 bits per heavy atom. The zero-order valence-electron chi connectivity index (χ0n) is 8.75. The summed E-state index contributed by atoms with van der Waals surface area (Å²) in [5, 5.41) is 0.325. The van der Waals surface area contributed by atoms with Crippen LogP contribution in [0.25, 0.3) is 0 Å². The highest BCUT2D eigenvalue weighted by Gasteiger charge is 2.08. The van der Waals surface area contributed by atoms with Crippen molar-refractivity contribution in [1.29, 1.82) is 0 Å². The van der Waals surface area contributed by atoms with Crippen LogP contribution in [0.4, 0.5) is 0 Å². The first-order chi connectivity index (χ1) is 7.22. The van der Waals surface area contributed by atoms with E-state index in [4.69, 9.17) is 9.47 Å². The predicted octanol–water partition coefficient (Wildman–Crippen LogP) is 2.42. The maximum absolute atomic E-state index is 11.4. The van der Waals surface area contributed by atoms with Gasteiger partial charge in [-0.1, -0.05) is 15.9 Å². The van der Waals surface area contributed by atoms with Gasteiger partial charge >= 0.3 is 0 Å². The van der Waals surface area contributed by atoms with E-state index in [-0.39, 0.29) is 5.78 Å². The summed E-state index contributed by atoms with van der Waals surface area (Å²) in [5.74, 6) is 0.790. The van der Waals surface area contributed by atoms with Crippen LogP contribution >= 0.6 is 15.9 Å². The molecule has 15 heavy (non-hydrogen) atoms. The average molecular weight is 273 g/mol. The van der Waals surface area contributed by atoms with Crippen molar-refractivity contribution >= 4 is 21.7 Å². The second kappa shape index (κ2) is 5.88. The molecule has 0 fully saturated rings. The Labute approximate surface area is 97.5 Å². The van der Waals surface area contributed by atoms with Gasteiger partial charge in [-0.3, -0.25) is 4.79 Å². The third-order valence-corrected chi connectivity index (χ3v) is 2.53. The van der Waals surface area contributed by atoms with Gasteiger partial charge in [-0.25, -0.2) is 0 Å². The predicted molar refractivity (Wildman–Crippen MR) is 61.8 cm³/mol. The largest absolute Gasteiger partial charge is 0.496 e. The molecule has 3 nitrogen and oxygen atoms in total. The van der Waals surface area contributed by atoms with Gasteiger partial charge in [0.25, 0.3) is 0 Å². The smallest absolute Gasteiger partial charge is 0.173 e. The topological polar surface area (TPSA) is 35.5 Å². The monoisotopic (exact) mass is 272 g/mol. The normalized spacial score (nSPS) is 10.1. The van der Waals surface area contributed by atoms with Gasteiger partial charge in [-0.05, 0) is 18.2 Å². The Hall–Kier alpha value is -0.870. The van der Waals surface area contributed by atoms with Crippen molar-refractivity contribution in [3.05, 3.63) is 29.3 Å². The van der Waals surface area contributed by atoms with Crippen molar-refractivity contribution in [2.24, 2.45) is 0 Å². The fourth-order valence-electron chi connectivity index (χ4n) is 1.30. The molecule has 0 saturated carbocycles. The van der Waals surface area contributed by atoms with Crippen molar-refractivity contribution in [3.63, 3.8) is 0 Å². The van der Waals surface area contributed by atoms with E-state index in [1.54, 1.807) is 32.4 Å². The van der Waals surface area contributed by atoms with Crippen LogP contribution < -0.4 is 4.74 Å². The molecule has 0 N–H and O–H groups in total. The van der Waals surface area contributed by atoms with Gasteiger partial charge in [-0.2, -0.15) is 0 Å². The zero-order chi connectivity index (χ0) is 11.3. The molecule has 0 heterocycles. The number of carbonyl (C=O) groups is 1. The van der Waals surface area contributed by atoms with Crippen molar-refractivity contribution in [2.45, 2.75) is 6.61 Å². The summed E-state index contributed by atoms with van der Waals surface area (Å²) < 4.78 is 10.2. The van der Waals surface area contributed by atoms with E-state index in [0.717, 1.165) is 11.3 Å². The summed E-state index contributed by atoms with van der Waals surface area (Å²) in [5.41, 5.74) is 1.55. The highest BCUT2D eigenvalue weighted by atomic mass is 79.9. The van der Waals surface area contributed by atoms with Crippen LogP contribution in [0.2, 0.25) is 0 Å². The maximum Gasteiger partial charge on any atom is 0.173 e. The van der Waals surface area contributed by atoms with E-state index in [1.165, 1.54) is 0 Å². The number of Topliss-reactive ketones (excluding diaryl/α,β-unsaturated/α-hetero) is 1. The number of hydrogen-bond acceptors (Lipinski definition) is 3. The molecule has 82 valence electrons. The highest BCUT2D eigenvalue weighted by Crippen LogP contribution is 2.21. The quantitative estimate of drug-likeness (QED) is 0.610. The van der Waals surface area contributed by atoms with Gasteiger partial charge < -0.3 is 9.47 Å². The van der Waals surface area contributed by atoms with Crippen LogP contribution in [-0.4, -0.2) is 25.3 Å². The van der Waals surface area contributed by atoms with Crippen LogP contribution in [0.3, 0.4) is 0 Å². The van der Waals surface area contributed by atoms with Crippen LogP contribution in [0.1, 0.15) is 15.9 Å². The third-order valence-electron chi connectivity index (χ3n) is 2.02. The second-order valence-electron chi connectivity index (χ2n) is 3.02. The fourth-order valence-corrected chi connectivity index (χ4v) is 1.62. The lowest BCUT2D eigenvalue weighted by atomic mass is 10.1. The van der Waals surface area contributed by atoms with Crippen LogP contribution in [-0.2, 0) is 11.3 Å². The molecule has 0 bridgehead atoms. The third kappa shape index (κ3) is 3.04. The van der Waals surface area contributed by atoms with Gasteiger partial charge in [0.1, 0.15) is 5.75 Å². The Balaban J connectivity index is 3.04. The first-order valence-electron chi connectivity index (χ1n) is 4.48. The number of rotatable bonds is 5. The molecule has 4 heteroatoms. The lowest BCUT2D eigenvalue weighted by Crippen LogP contribution is -2.02. The lowest BCUT2D eigenvalue weighted by Gasteiger charge is -2.08. The van der Waals surface area contributed by atoms with Crippen LogP contribution in [0, 0.1) is 0 Å². The number of hydrogen-bond donors (Lipinski definition) is 0. The number of benzene rings is 1. The summed E-state index contributed by atoms with van der Waals surface area (Å²) in [6.45, 7) is 0.437. The van der Waals surface area contributed by atoms with Crippen molar-refractivity contribution in [2.75, 3.05) is 19.5 Å². The summed E-state index contributed by atoms with van der Waals surface area (Å²) in [6.07, 6.45) is 0. The molecular formula is C11H13BrO3. The summed E-state index contributed by atoms with van der Waals surface area (Å²) >= 11 is 3.14. The molecule has 0 spiro atoms. The Morgan fingerprint density at radius 1 is 1.40 bits per heavy atom. The molecule has 1 aromatic rings. The first kappa shape index (κ1) is 12.2. The number of halogens is 1. The molecule has 0 aromatic heterocycles. The Kier molecular flexibility index (Phi) is 4.78. The van der Waals surface area contributed by atoms with Gasteiger partial charge in [0.05, 0.1) is 19.0 Å². The lowest BCUT2D eigenvalue weighted by molar-refractivity contribution is 0.102. The first-order valence-corrected chi connectivity index (χ1v) is 5.60. The number of carbonyl (C=O) groups excluding carboxylic acids is 1. The van der Waals surface area contributed by atoms with Crippen molar-refractivity contribution in [1.82, 2.24) is 0 Å². The minimum Gasteiger partial charge on any atom is -0.496 e. The number of methoxy groups -OCH3 is 2. The van der Waals surface area contributed by atoms with Crippen LogP contribution in [0.5, 0.6) is 5.75 Å². The van der Waals surface area contributed by atoms with E-state index in [0.29, 0.717) is 17.5 Å². The molecule has 0 atom stereocenters. The van der Waals surface area contributed by atoms with E-state index in [2.05, 4.69) is 15.9 Å².